The quantitative estimate of drug-likeness (QED) is 0.801. The molecule has 0 fully saturated rings. The average Bonchev–Trinajstić information content (AvgIpc) is 2.80. The van der Waals surface area contributed by atoms with Crippen molar-refractivity contribution in [1.29, 1.82) is 0 Å². The standard InChI is InChI=1S/C15H14N2O4S/c1-16(2)22(20,21)10-6-7-11-13(9-10)17-8-4-3-5-12(17)14(11)15(18)19/h3-9H,1-2H3,(H,18,19). The van der Waals surface area contributed by atoms with Gasteiger partial charge in [0, 0.05) is 25.7 Å². The largest absolute Gasteiger partial charge is 0.478 e. The van der Waals surface area contributed by atoms with Crippen molar-refractivity contribution in [1.82, 2.24) is 8.71 Å². The lowest BCUT2D eigenvalue weighted by atomic mass is 10.1. The Hall–Kier alpha value is -2.38. The van der Waals surface area contributed by atoms with Crippen LogP contribution in [0.25, 0.3) is 16.4 Å². The highest BCUT2D eigenvalue weighted by atomic mass is 32.2. The van der Waals surface area contributed by atoms with Crippen LogP contribution in [0.3, 0.4) is 0 Å². The van der Waals surface area contributed by atoms with Crippen LogP contribution in [0, 0.1) is 0 Å². The summed E-state index contributed by atoms with van der Waals surface area (Å²) in [6, 6.07) is 9.70. The topological polar surface area (TPSA) is 79.1 Å². The highest BCUT2D eigenvalue weighted by molar-refractivity contribution is 7.89. The molecule has 3 aromatic rings. The van der Waals surface area contributed by atoms with Gasteiger partial charge in [-0.3, -0.25) is 0 Å². The van der Waals surface area contributed by atoms with E-state index in [0.29, 0.717) is 16.4 Å². The predicted octanol–water partition coefficient (Wildman–Crippen LogP) is 2.04. The number of aromatic nitrogens is 1. The summed E-state index contributed by atoms with van der Waals surface area (Å²) in [6.45, 7) is 0. The van der Waals surface area contributed by atoms with E-state index in [-0.39, 0.29) is 10.5 Å². The molecular weight excluding hydrogens is 304 g/mol. The smallest absolute Gasteiger partial charge is 0.338 e. The third-order valence-electron chi connectivity index (χ3n) is 3.61. The van der Waals surface area contributed by atoms with Crippen LogP contribution >= 0.6 is 0 Å². The van der Waals surface area contributed by atoms with Crippen molar-refractivity contribution in [2.75, 3.05) is 14.1 Å². The van der Waals surface area contributed by atoms with E-state index in [1.54, 1.807) is 34.9 Å². The maximum Gasteiger partial charge on any atom is 0.338 e. The van der Waals surface area contributed by atoms with E-state index in [1.165, 1.54) is 26.2 Å². The highest BCUT2D eigenvalue weighted by Gasteiger charge is 2.22. The van der Waals surface area contributed by atoms with Crippen LogP contribution in [0.4, 0.5) is 0 Å². The molecule has 0 atom stereocenters. The summed E-state index contributed by atoms with van der Waals surface area (Å²) in [5.41, 5.74) is 1.25. The van der Waals surface area contributed by atoms with Gasteiger partial charge in [-0.1, -0.05) is 12.1 Å². The fourth-order valence-electron chi connectivity index (χ4n) is 2.51. The molecule has 1 N–H and O–H groups in total. The van der Waals surface area contributed by atoms with Crippen LogP contribution in [0.15, 0.2) is 47.5 Å². The van der Waals surface area contributed by atoms with E-state index >= 15 is 0 Å². The van der Waals surface area contributed by atoms with E-state index in [0.717, 1.165) is 4.31 Å². The van der Waals surface area contributed by atoms with Crippen molar-refractivity contribution in [3.63, 3.8) is 0 Å². The summed E-state index contributed by atoms with van der Waals surface area (Å²) in [6.07, 6.45) is 1.72. The molecule has 0 saturated carbocycles. The van der Waals surface area contributed by atoms with Gasteiger partial charge in [-0.05, 0) is 24.3 Å². The van der Waals surface area contributed by atoms with Crippen LogP contribution in [-0.2, 0) is 10.0 Å². The van der Waals surface area contributed by atoms with Gasteiger partial charge in [-0.25, -0.2) is 17.5 Å². The Bertz CT molecular complexity index is 1000. The molecule has 0 unspecified atom stereocenters. The van der Waals surface area contributed by atoms with Gasteiger partial charge < -0.3 is 9.51 Å². The molecule has 0 radical (unpaired) electrons. The SMILES string of the molecule is CN(C)S(=O)(=O)c1ccc2c(C(=O)O)c3ccccn3c2c1. The molecule has 0 spiro atoms. The second kappa shape index (κ2) is 4.82. The van der Waals surface area contributed by atoms with Crippen molar-refractivity contribution in [3.8, 4) is 0 Å². The molecule has 22 heavy (non-hydrogen) atoms. The lowest BCUT2D eigenvalue weighted by Gasteiger charge is -2.11. The Balaban J connectivity index is 2.44. The van der Waals surface area contributed by atoms with Crippen molar-refractivity contribution in [2.24, 2.45) is 0 Å². The van der Waals surface area contributed by atoms with Gasteiger partial charge >= 0.3 is 5.97 Å². The van der Waals surface area contributed by atoms with Gasteiger partial charge in [0.1, 0.15) is 0 Å². The van der Waals surface area contributed by atoms with Gasteiger partial charge in [0.2, 0.25) is 10.0 Å². The monoisotopic (exact) mass is 318 g/mol. The Morgan fingerprint density at radius 1 is 1.14 bits per heavy atom. The molecule has 2 aromatic heterocycles. The fourth-order valence-corrected chi connectivity index (χ4v) is 3.44. The molecule has 0 aliphatic carbocycles. The van der Waals surface area contributed by atoms with Crippen molar-refractivity contribution < 1.29 is 18.3 Å². The summed E-state index contributed by atoms with van der Waals surface area (Å²) in [7, 11) is -0.662. The zero-order valence-corrected chi connectivity index (χ0v) is 12.8. The number of hydrogen-bond acceptors (Lipinski definition) is 3. The molecule has 1 aromatic carbocycles. The number of sulfonamides is 1. The number of nitrogens with zero attached hydrogens (tertiary/aromatic N) is 2. The molecule has 0 saturated heterocycles. The lowest BCUT2D eigenvalue weighted by molar-refractivity contribution is 0.0701. The number of fused-ring (bicyclic) bond motifs is 3. The number of carboxylic acids is 1. The first-order valence-corrected chi connectivity index (χ1v) is 7.96. The lowest BCUT2D eigenvalue weighted by Crippen LogP contribution is -2.22. The summed E-state index contributed by atoms with van der Waals surface area (Å²) in [5.74, 6) is -1.04. The molecular formula is C15H14N2O4S. The molecule has 0 bridgehead atoms. The van der Waals surface area contributed by atoms with E-state index in [2.05, 4.69) is 0 Å². The highest BCUT2D eigenvalue weighted by Crippen LogP contribution is 2.29. The minimum Gasteiger partial charge on any atom is -0.478 e. The Labute approximate surface area is 127 Å². The number of carboxylic acid groups (broad SMARTS) is 1. The Kier molecular flexibility index (Phi) is 3.19. The van der Waals surface area contributed by atoms with E-state index in [1.807, 2.05) is 0 Å². The summed E-state index contributed by atoms with van der Waals surface area (Å²) in [5, 5.41) is 9.96. The second-order valence-electron chi connectivity index (χ2n) is 5.10. The van der Waals surface area contributed by atoms with Crippen molar-refractivity contribution >= 4 is 32.4 Å². The summed E-state index contributed by atoms with van der Waals surface area (Å²) >= 11 is 0. The number of pyridine rings is 1. The zero-order valence-electron chi connectivity index (χ0n) is 12.0. The second-order valence-corrected chi connectivity index (χ2v) is 7.25. The molecule has 0 aliphatic heterocycles. The van der Waals surface area contributed by atoms with Crippen LogP contribution in [0.1, 0.15) is 10.4 Å². The van der Waals surface area contributed by atoms with Gasteiger partial charge in [0.15, 0.2) is 0 Å². The molecule has 6 nitrogen and oxygen atoms in total. The number of rotatable bonds is 3. The molecule has 0 aliphatic rings. The van der Waals surface area contributed by atoms with E-state index < -0.39 is 16.0 Å². The third-order valence-corrected chi connectivity index (χ3v) is 5.42. The first kappa shape index (κ1) is 14.6. The summed E-state index contributed by atoms with van der Waals surface area (Å²) < 4.78 is 27.3. The van der Waals surface area contributed by atoms with Gasteiger partial charge in [0.05, 0.1) is 21.5 Å². The molecule has 0 amide bonds. The molecule has 7 heteroatoms. The average molecular weight is 318 g/mol. The minimum absolute atomic E-state index is 0.130. The molecule has 3 rings (SSSR count). The fraction of sp³-hybridized carbons (Fsp3) is 0.133. The van der Waals surface area contributed by atoms with Crippen molar-refractivity contribution in [3.05, 3.63) is 48.2 Å². The first-order chi connectivity index (χ1) is 10.3. The van der Waals surface area contributed by atoms with Gasteiger partial charge in [-0.15, -0.1) is 0 Å². The van der Waals surface area contributed by atoms with Crippen molar-refractivity contribution in [2.45, 2.75) is 4.90 Å². The number of benzene rings is 1. The third kappa shape index (κ3) is 1.98. The van der Waals surface area contributed by atoms with Gasteiger partial charge in [-0.2, -0.15) is 0 Å². The predicted molar refractivity (Wildman–Crippen MR) is 82.7 cm³/mol. The molecule has 114 valence electrons. The zero-order chi connectivity index (χ0) is 16.1. The van der Waals surface area contributed by atoms with E-state index in [9.17, 15) is 18.3 Å². The minimum atomic E-state index is -3.58. The summed E-state index contributed by atoms with van der Waals surface area (Å²) in [4.78, 5) is 11.7. The maximum absolute atomic E-state index is 12.3. The van der Waals surface area contributed by atoms with Crippen LogP contribution in [-0.4, -0.2) is 42.3 Å². The van der Waals surface area contributed by atoms with E-state index in [4.69, 9.17) is 0 Å². The van der Waals surface area contributed by atoms with Crippen LogP contribution in [0.2, 0.25) is 0 Å². The number of hydrogen-bond donors (Lipinski definition) is 1. The van der Waals surface area contributed by atoms with Gasteiger partial charge in [0.25, 0.3) is 0 Å². The van der Waals surface area contributed by atoms with Crippen LogP contribution in [0.5, 0.6) is 0 Å². The Morgan fingerprint density at radius 3 is 2.50 bits per heavy atom. The first-order valence-electron chi connectivity index (χ1n) is 6.52. The Morgan fingerprint density at radius 2 is 1.86 bits per heavy atom. The number of aromatic carboxylic acids is 1. The maximum atomic E-state index is 12.3. The van der Waals surface area contributed by atoms with Crippen LogP contribution < -0.4 is 0 Å². The normalized spacial score (nSPS) is 12.3. The molecule has 2 heterocycles. The number of carbonyl (C=O) groups is 1.